The van der Waals surface area contributed by atoms with Gasteiger partial charge in [-0.3, -0.25) is 4.79 Å². The highest BCUT2D eigenvalue weighted by molar-refractivity contribution is 7.18. The van der Waals surface area contributed by atoms with E-state index < -0.39 is 0 Å². The van der Waals surface area contributed by atoms with Crippen LogP contribution in [0.3, 0.4) is 0 Å². The molecular formula is C15H24N4OS. The summed E-state index contributed by atoms with van der Waals surface area (Å²) < 4.78 is 0. The summed E-state index contributed by atoms with van der Waals surface area (Å²) in [5, 5.41) is 4.18. The Morgan fingerprint density at radius 1 is 1.43 bits per heavy atom. The molecule has 0 atom stereocenters. The van der Waals surface area contributed by atoms with Gasteiger partial charge >= 0.3 is 0 Å². The molecule has 1 heterocycles. The Morgan fingerprint density at radius 2 is 2.19 bits per heavy atom. The zero-order chi connectivity index (χ0) is 14.8. The monoisotopic (exact) mass is 308 g/mol. The summed E-state index contributed by atoms with van der Waals surface area (Å²) in [4.78, 5) is 19.7. The van der Waals surface area contributed by atoms with Crippen molar-refractivity contribution in [1.29, 1.82) is 0 Å². The van der Waals surface area contributed by atoms with E-state index in [4.69, 9.17) is 5.73 Å². The lowest BCUT2D eigenvalue weighted by Crippen LogP contribution is -2.33. The first-order valence-electron chi connectivity index (χ1n) is 8.03. The Balaban J connectivity index is 1.69. The van der Waals surface area contributed by atoms with Gasteiger partial charge in [0.05, 0.1) is 0 Å². The van der Waals surface area contributed by atoms with Gasteiger partial charge < -0.3 is 16.0 Å². The molecule has 3 rings (SSSR count). The summed E-state index contributed by atoms with van der Waals surface area (Å²) in [5.74, 6) is 0.455. The smallest absolute Gasteiger partial charge is 0.268 e. The molecule has 0 spiro atoms. The van der Waals surface area contributed by atoms with Crippen LogP contribution in [0.5, 0.6) is 0 Å². The predicted octanol–water partition coefficient (Wildman–Crippen LogP) is 3.09. The number of anilines is 2. The second-order valence-corrected chi connectivity index (χ2v) is 7.09. The molecule has 0 bridgehead atoms. The first-order chi connectivity index (χ1) is 10.2. The van der Waals surface area contributed by atoms with Crippen LogP contribution in [0.25, 0.3) is 0 Å². The molecule has 0 aromatic carbocycles. The number of thiazole rings is 1. The third kappa shape index (κ3) is 3.31. The number of carbonyl (C=O) groups is 1. The highest BCUT2D eigenvalue weighted by Crippen LogP contribution is 2.34. The number of unbranched alkanes of at least 4 members (excludes halogenated alkanes) is 1. The predicted molar refractivity (Wildman–Crippen MR) is 86.8 cm³/mol. The minimum atomic E-state index is 0.0719. The van der Waals surface area contributed by atoms with E-state index in [1.165, 1.54) is 30.6 Å². The Morgan fingerprint density at radius 3 is 2.76 bits per heavy atom. The summed E-state index contributed by atoms with van der Waals surface area (Å²) in [6.07, 6.45) is 8.05. The van der Waals surface area contributed by atoms with E-state index in [-0.39, 0.29) is 5.91 Å². The van der Waals surface area contributed by atoms with E-state index in [0.29, 0.717) is 22.8 Å². The fourth-order valence-electron chi connectivity index (χ4n) is 2.57. The molecule has 0 aliphatic heterocycles. The van der Waals surface area contributed by atoms with Crippen LogP contribution in [0.15, 0.2) is 0 Å². The van der Waals surface area contributed by atoms with Crippen LogP contribution in [-0.4, -0.2) is 34.4 Å². The van der Waals surface area contributed by atoms with Crippen LogP contribution in [0.1, 0.15) is 61.5 Å². The number of nitrogens with one attached hydrogen (secondary N) is 1. The van der Waals surface area contributed by atoms with Gasteiger partial charge in [-0.15, -0.1) is 0 Å². The number of nitrogen functional groups attached to an aromatic ring is 1. The van der Waals surface area contributed by atoms with E-state index >= 15 is 0 Å². The fraction of sp³-hybridized carbons (Fsp3) is 0.733. The molecule has 3 N–H and O–H groups in total. The molecule has 1 amide bonds. The molecule has 2 aliphatic rings. The van der Waals surface area contributed by atoms with Crippen molar-refractivity contribution in [3.8, 4) is 0 Å². The van der Waals surface area contributed by atoms with Crippen molar-refractivity contribution in [2.24, 2.45) is 0 Å². The van der Waals surface area contributed by atoms with E-state index in [1.54, 1.807) is 0 Å². The van der Waals surface area contributed by atoms with Gasteiger partial charge in [0.25, 0.3) is 5.91 Å². The molecule has 2 fully saturated rings. The first kappa shape index (κ1) is 14.6. The van der Waals surface area contributed by atoms with Crippen LogP contribution in [0, 0.1) is 0 Å². The third-order valence-corrected chi connectivity index (χ3v) is 5.27. The molecule has 5 nitrogen and oxygen atoms in total. The number of nitrogens with two attached hydrogens (primary N) is 1. The second-order valence-electron chi connectivity index (χ2n) is 6.09. The zero-order valence-electron chi connectivity index (χ0n) is 12.6. The first-order valence-corrected chi connectivity index (χ1v) is 8.84. The second kappa shape index (κ2) is 6.22. The lowest BCUT2D eigenvalue weighted by atomic mass is 9.93. The number of hydrogen-bond acceptors (Lipinski definition) is 5. The van der Waals surface area contributed by atoms with E-state index in [9.17, 15) is 4.79 Å². The zero-order valence-corrected chi connectivity index (χ0v) is 13.4. The van der Waals surface area contributed by atoms with E-state index in [1.807, 2.05) is 4.90 Å². The Bertz CT molecular complexity index is 508. The van der Waals surface area contributed by atoms with E-state index in [2.05, 4.69) is 17.2 Å². The molecule has 0 radical (unpaired) electrons. The minimum Gasteiger partial charge on any atom is -0.382 e. The van der Waals surface area contributed by atoms with Gasteiger partial charge in [-0.2, -0.15) is 0 Å². The largest absolute Gasteiger partial charge is 0.382 e. The SMILES string of the molecule is CCCCN(C(=O)c1sc(NC2CCC2)nc1N)C1CC1. The lowest BCUT2D eigenvalue weighted by Gasteiger charge is -2.25. The van der Waals surface area contributed by atoms with Crippen LogP contribution >= 0.6 is 11.3 Å². The molecule has 21 heavy (non-hydrogen) atoms. The van der Waals surface area contributed by atoms with Gasteiger partial charge in [0.1, 0.15) is 10.7 Å². The molecule has 1 aromatic heterocycles. The molecule has 0 unspecified atom stereocenters. The number of amides is 1. The summed E-state index contributed by atoms with van der Waals surface area (Å²) in [7, 11) is 0. The maximum absolute atomic E-state index is 12.7. The normalized spacial score (nSPS) is 18.3. The maximum atomic E-state index is 12.7. The third-order valence-electron chi connectivity index (χ3n) is 4.28. The Hall–Kier alpha value is -1.30. The molecule has 1 aromatic rings. The molecular weight excluding hydrogens is 284 g/mol. The van der Waals surface area contributed by atoms with Crippen molar-refractivity contribution in [2.75, 3.05) is 17.6 Å². The summed E-state index contributed by atoms with van der Waals surface area (Å²) in [6.45, 7) is 2.99. The standard InChI is InChI=1S/C15H24N4OS/c1-2-3-9-19(11-7-8-11)14(20)12-13(16)18-15(21-12)17-10-5-4-6-10/h10-11H,2-9,16H2,1H3,(H,17,18). The maximum Gasteiger partial charge on any atom is 0.268 e. The lowest BCUT2D eigenvalue weighted by molar-refractivity contribution is 0.0746. The summed E-state index contributed by atoms with van der Waals surface area (Å²) in [5.41, 5.74) is 5.98. The number of aromatic nitrogens is 1. The van der Waals surface area contributed by atoms with Gasteiger partial charge in [0.2, 0.25) is 0 Å². The van der Waals surface area contributed by atoms with E-state index in [0.717, 1.165) is 37.4 Å². The molecule has 0 saturated heterocycles. The van der Waals surface area contributed by atoms with Crippen molar-refractivity contribution >= 4 is 28.2 Å². The number of nitrogens with zero attached hydrogens (tertiary/aromatic N) is 2. The quantitative estimate of drug-likeness (QED) is 0.812. The summed E-state index contributed by atoms with van der Waals surface area (Å²) >= 11 is 1.41. The van der Waals surface area contributed by atoms with Crippen molar-refractivity contribution in [3.05, 3.63) is 4.88 Å². The Kier molecular flexibility index (Phi) is 4.33. The van der Waals surface area contributed by atoms with Crippen molar-refractivity contribution in [2.45, 2.75) is 64.0 Å². The molecule has 2 saturated carbocycles. The molecule has 116 valence electrons. The van der Waals surface area contributed by atoms with Crippen molar-refractivity contribution in [3.63, 3.8) is 0 Å². The highest BCUT2D eigenvalue weighted by Gasteiger charge is 2.34. The summed E-state index contributed by atoms with van der Waals surface area (Å²) in [6, 6.07) is 0.937. The van der Waals surface area contributed by atoms with Crippen LogP contribution in [-0.2, 0) is 0 Å². The highest BCUT2D eigenvalue weighted by atomic mass is 32.1. The van der Waals surface area contributed by atoms with Crippen LogP contribution in [0.4, 0.5) is 10.9 Å². The van der Waals surface area contributed by atoms with Crippen LogP contribution < -0.4 is 11.1 Å². The fourth-order valence-corrected chi connectivity index (χ4v) is 3.49. The van der Waals surface area contributed by atoms with Crippen molar-refractivity contribution < 1.29 is 4.79 Å². The van der Waals surface area contributed by atoms with Gasteiger partial charge in [0, 0.05) is 18.6 Å². The topological polar surface area (TPSA) is 71.2 Å². The van der Waals surface area contributed by atoms with Crippen LogP contribution in [0.2, 0.25) is 0 Å². The van der Waals surface area contributed by atoms with Gasteiger partial charge in [-0.1, -0.05) is 24.7 Å². The minimum absolute atomic E-state index is 0.0719. The van der Waals surface area contributed by atoms with Crippen molar-refractivity contribution in [1.82, 2.24) is 9.88 Å². The molecule has 2 aliphatic carbocycles. The average Bonchev–Trinajstić information content (AvgIpc) is 3.18. The molecule has 6 heteroatoms. The average molecular weight is 308 g/mol. The Labute approximate surface area is 129 Å². The van der Waals surface area contributed by atoms with Gasteiger partial charge in [-0.25, -0.2) is 4.98 Å². The van der Waals surface area contributed by atoms with Gasteiger partial charge in [0.15, 0.2) is 5.13 Å². The van der Waals surface area contributed by atoms with Gasteiger partial charge in [-0.05, 0) is 38.5 Å². The number of rotatable bonds is 7. The number of hydrogen-bond donors (Lipinski definition) is 2. The number of carbonyl (C=O) groups excluding carboxylic acids is 1.